The predicted octanol–water partition coefficient (Wildman–Crippen LogP) is 1.83. The molecule has 0 heterocycles. The fraction of sp³-hybridized carbons (Fsp3) is 0.300. The van der Waals surface area contributed by atoms with Crippen molar-refractivity contribution in [1.82, 2.24) is 0 Å². The summed E-state index contributed by atoms with van der Waals surface area (Å²) in [6, 6.07) is 1.52. The number of ether oxygens (including phenoxy) is 1. The van der Waals surface area contributed by atoms with Gasteiger partial charge in [0.25, 0.3) is 0 Å². The van der Waals surface area contributed by atoms with Gasteiger partial charge in [0.1, 0.15) is 11.5 Å². The topological polar surface area (TPSA) is 46.5 Å². The van der Waals surface area contributed by atoms with E-state index < -0.39 is 0 Å². The highest BCUT2D eigenvalue weighted by atomic mass is 16.5. The summed E-state index contributed by atoms with van der Waals surface area (Å²) >= 11 is 0. The molecule has 0 fully saturated rings. The maximum atomic E-state index is 10.6. The number of phenolic OH excluding ortho intramolecular Hbond substituents is 1. The average Bonchev–Trinajstić information content (AvgIpc) is 2.04. The maximum absolute atomic E-state index is 10.6. The zero-order chi connectivity index (χ0) is 10.0. The van der Waals surface area contributed by atoms with Crippen molar-refractivity contribution in [3.8, 4) is 11.5 Å². The quantitative estimate of drug-likeness (QED) is 0.706. The van der Waals surface area contributed by atoms with Crippen LogP contribution in [0.2, 0.25) is 0 Å². The molecule has 0 saturated carbocycles. The van der Waals surface area contributed by atoms with Gasteiger partial charge in [0, 0.05) is 5.56 Å². The Morgan fingerprint density at radius 3 is 2.54 bits per heavy atom. The van der Waals surface area contributed by atoms with Gasteiger partial charge in [-0.05, 0) is 25.5 Å². The Hall–Kier alpha value is -1.51. The van der Waals surface area contributed by atoms with Crippen LogP contribution in [0.1, 0.15) is 21.5 Å². The minimum atomic E-state index is 0.00537. The van der Waals surface area contributed by atoms with Gasteiger partial charge in [0.2, 0.25) is 0 Å². The third kappa shape index (κ3) is 1.49. The number of aryl methyl sites for hydroxylation is 1. The molecular formula is C10H12O3. The fourth-order valence-electron chi connectivity index (χ4n) is 1.42. The van der Waals surface area contributed by atoms with Crippen molar-refractivity contribution in [3.05, 3.63) is 22.8 Å². The molecule has 0 bridgehead atoms. The number of benzene rings is 1. The number of rotatable bonds is 2. The van der Waals surface area contributed by atoms with E-state index in [0.29, 0.717) is 23.2 Å². The third-order valence-corrected chi connectivity index (χ3v) is 2.05. The van der Waals surface area contributed by atoms with Crippen molar-refractivity contribution < 1.29 is 14.6 Å². The first-order valence-corrected chi connectivity index (χ1v) is 3.94. The smallest absolute Gasteiger partial charge is 0.154 e. The number of carbonyl (C=O) groups is 1. The highest BCUT2D eigenvalue weighted by molar-refractivity contribution is 5.83. The van der Waals surface area contributed by atoms with Crippen molar-refractivity contribution in [2.24, 2.45) is 0 Å². The Kier molecular flexibility index (Phi) is 2.56. The molecule has 0 aliphatic carbocycles. The molecule has 3 heteroatoms. The van der Waals surface area contributed by atoms with Crippen LogP contribution < -0.4 is 4.74 Å². The van der Waals surface area contributed by atoms with Crippen LogP contribution in [0.5, 0.6) is 11.5 Å². The Labute approximate surface area is 77.0 Å². The van der Waals surface area contributed by atoms with E-state index in [9.17, 15) is 9.90 Å². The van der Waals surface area contributed by atoms with Crippen molar-refractivity contribution in [2.45, 2.75) is 13.8 Å². The highest BCUT2D eigenvalue weighted by Crippen LogP contribution is 2.31. The normalized spacial score (nSPS) is 9.77. The first-order valence-electron chi connectivity index (χ1n) is 3.94. The van der Waals surface area contributed by atoms with Gasteiger partial charge in [0.05, 0.1) is 12.7 Å². The van der Waals surface area contributed by atoms with E-state index in [-0.39, 0.29) is 5.75 Å². The molecule has 0 radical (unpaired) electrons. The van der Waals surface area contributed by atoms with Crippen LogP contribution in [-0.4, -0.2) is 18.5 Å². The lowest BCUT2D eigenvalue weighted by molar-refractivity contribution is 0.112. The molecule has 1 aromatic rings. The second kappa shape index (κ2) is 3.47. The molecule has 0 aromatic heterocycles. The third-order valence-electron chi connectivity index (χ3n) is 2.05. The number of phenols is 1. The fourth-order valence-corrected chi connectivity index (χ4v) is 1.42. The molecule has 0 amide bonds. The lowest BCUT2D eigenvalue weighted by Crippen LogP contribution is -1.96. The summed E-state index contributed by atoms with van der Waals surface area (Å²) in [6.07, 6.45) is 0.632. The van der Waals surface area contributed by atoms with E-state index in [4.69, 9.17) is 4.74 Å². The summed E-state index contributed by atoms with van der Waals surface area (Å²) in [5.74, 6) is 0.658. The zero-order valence-electron chi connectivity index (χ0n) is 7.92. The molecule has 1 rings (SSSR count). The van der Waals surface area contributed by atoms with Gasteiger partial charge in [-0.25, -0.2) is 0 Å². The molecule has 3 nitrogen and oxygen atoms in total. The number of hydrogen-bond donors (Lipinski definition) is 1. The highest BCUT2D eigenvalue weighted by Gasteiger charge is 2.11. The van der Waals surface area contributed by atoms with Crippen LogP contribution in [-0.2, 0) is 0 Å². The van der Waals surface area contributed by atoms with Gasteiger partial charge in [0.15, 0.2) is 6.29 Å². The van der Waals surface area contributed by atoms with Crippen molar-refractivity contribution in [2.75, 3.05) is 7.11 Å². The summed E-state index contributed by atoms with van der Waals surface area (Å²) < 4.78 is 5.10. The largest absolute Gasteiger partial charge is 0.507 e. The van der Waals surface area contributed by atoms with Gasteiger partial charge in [-0.15, -0.1) is 0 Å². The monoisotopic (exact) mass is 180 g/mol. The Balaban J connectivity index is 3.47. The summed E-state index contributed by atoms with van der Waals surface area (Å²) in [7, 11) is 1.54. The number of aldehydes is 1. The summed E-state index contributed by atoms with van der Waals surface area (Å²) in [6.45, 7) is 3.56. The molecule has 0 spiro atoms. The number of carbonyl (C=O) groups excluding carboxylic acids is 1. The second-order valence-corrected chi connectivity index (χ2v) is 2.90. The number of hydrogen-bond acceptors (Lipinski definition) is 3. The van der Waals surface area contributed by atoms with Gasteiger partial charge in [-0.1, -0.05) is 0 Å². The van der Waals surface area contributed by atoms with Crippen LogP contribution in [0.4, 0.5) is 0 Å². The Morgan fingerprint density at radius 1 is 1.46 bits per heavy atom. The van der Waals surface area contributed by atoms with Crippen LogP contribution in [0.3, 0.4) is 0 Å². The average molecular weight is 180 g/mol. The zero-order valence-corrected chi connectivity index (χ0v) is 7.92. The molecule has 0 saturated heterocycles. The summed E-state index contributed by atoms with van der Waals surface area (Å²) in [4.78, 5) is 10.6. The molecule has 1 aromatic carbocycles. The maximum Gasteiger partial charge on any atom is 0.154 e. The first kappa shape index (κ1) is 9.58. The minimum Gasteiger partial charge on any atom is -0.507 e. The Morgan fingerprint density at radius 2 is 2.08 bits per heavy atom. The predicted molar refractivity (Wildman–Crippen MR) is 49.5 cm³/mol. The summed E-state index contributed by atoms with van der Waals surface area (Å²) in [5.41, 5.74) is 1.79. The molecular weight excluding hydrogens is 168 g/mol. The van der Waals surface area contributed by atoms with Crippen molar-refractivity contribution >= 4 is 6.29 Å². The first-order chi connectivity index (χ1) is 6.11. The molecule has 0 aliphatic heterocycles. The van der Waals surface area contributed by atoms with Gasteiger partial charge < -0.3 is 9.84 Å². The molecule has 0 unspecified atom stereocenters. The minimum absolute atomic E-state index is 0.00537. The number of aromatic hydroxyl groups is 1. The van der Waals surface area contributed by atoms with Crippen LogP contribution in [0, 0.1) is 13.8 Å². The van der Waals surface area contributed by atoms with Crippen LogP contribution >= 0.6 is 0 Å². The molecule has 13 heavy (non-hydrogen) atoms. The van der Waals surface area contributed by atoms with Crippen LogP contribution in [0.25, 0.3) is 0 Å². The van der Waals surface area contributed by atoms with Crippen molar-refractivity contribution in [1.29, 1.82) is 0 Å². The van der Waals surface area contributed by atoms with Gasteiger partial charge in [-0.2, -0.15) is 0 Å². The molecule has 0 aliphatic rings. The standard InChI is InChI=1S/C10H12O3/c1-6-4-9(12)8(5-11)7(2)10(6)13-3/h4-5,12H,1-3H3. The second-order valence-electron chi connectivity index (χ2n) is 2.90. The lowest BCUT2D eigenvalue weighted by atomic mass is 10.0. The number of methoxy groups -OCH3 is 1. The van der Waals surface area contributed by atoms with Crippen LogP contribution in [0.15, 0.2) is 6.07 Å². The molecule has 0 atom stereocenters. The van der Waals surface area contributed by atoms with Crippen molar-refractivity contribution in [3.63, 3.8) is 0 Å². The lowest BCUT2D eigenvalue weighted by Gasteiger charge is -2.11. The van der Waals surface area contributed by atoms with E-state index in [1.807, 2.05) is 6.92 Å². The molecule has 1 N–H and O–H groups in total. The van der Waals surface area contributed by atoms with Gasteiger partial charge in [-0.3, -0.25) is 4.79 Å². The molecule has 70 valence electrons. The van der Waals surface area contributed by atoms with E-state index >= 15 is 0 Å². The van der Waals surface area contributed by atoms with E-state index in [1.165, 1.54) is 6.07 Å². The summed E-state index contributed by atoms with van der Waals surface area (Å²) in [5, 5.41) is 9.41. The van der Waals surface area contributed by atoms with Gasteiger partial charge >= 0.3 is 0 Å². The van der Waals surface area contributed by atoms with E-state index in [0.717, 1.165) is 5.56 Å². The van der Waals surface area contributed by atoms with E-state index in [2.05, 4.69) is 0 Å². The van der Waals surface area contributed by atoms with E-state index in [1.54, 1.807) is 14.0 Å². The SMILES string of the molecule is COc1c(C)cc(O)c(C=O)c1C. The Bertz CT molecular complexity index is 343.